The molecule has 2 N–H and O–H groups in total. The number of nitrogens with one attached hydrogen (secondary N) is 2. The number of hydrogen-bond donors (Lipinski definition) is 2. The van der Waals surface area contributed by atoms with Crippen molar-refractivity contribution in [3.8, 4) is 0 Å². The van der Waals surface area contributed by atoms with Crippen molar-refractivity contribution in [3.63, 3.8) is 0 Å². The van der Waals surface area contributed by atoms with E-state index in [1.165, 1.54) is 6.07 Å². The minimum absolute atomic E-state index is 0.0302. The van der Waals surface area contributed by atoms with Gasteiger partial charge in [0.15, 0.2) is 0 Å². The molecule has 2 bridgehead atoms. The molecule has 3 aliphatic heterocycles. The van der Waals surface area contributed by atoms with Crippen LogP contribution in [0.5, 0.6) is 0 Å². The SMILES string of the molecule is O=C1CCC(N2C(=O)c3cc(F)cc(C4C5CCC4CNC5)c3C2=O)C(=O)N1. The quantitative estimate of drug-likeness (QED) is 0.739. The van der Waals surface area contributed by atoms with Crippen LogP contribution in [0, 0.1) is 17.7 Å². The number of amides is 4. The van der Waals surface area contributed by atoms with E-state index in [1.54, 1.807) is 0 Å². The van der Waals surface area contributed by atoms with Crippen molar-refractivity contribution in [2.75, 3.05) is 13.1 Å². The second-order valence-electron chi connectivity index (χ2n) is 8.15. The van der Waals surface area contributed by atoms with E-state index in [0.29, 0.717) is 17.4 Å². The number of benzene rings is 1. The normalized spacial score (nSPS) is 32.0. The van der Waals surface area contributed by atoms with E-state index in [2.05, 4.69) is 10.6 Å². The lowest BCUT2D eigenvalue weighted by atomic mass is 9.78. The standard InChI is InChI=1S/C20H20FN3O4/c21-11-5-12(16-9-1-2-10(16)8-22-7-9)17-13(6-11)19(27)24(20(17)28)14-3-4-15(25)23-18(14)26/h5-6,9-10,14,16,22H,1-4,7-8H2,(H,23,25,26). The average Bonchev–Trinajstić information content (AvgIpc) is 3.04. The van der Waals surface area contributed by atoms with Gasteiger partial charge in [-0.1, -0.05) is 0 Å². The maximum absolute atomic E-state index is 14.4. The number of carbonyl (C=O) groups excluding carboxylic acids is 4. The van der Waals surface area contributed by atoms with Crippen molar-refractivity contribution >= 4 is 23.6 Å². The largest absolute Gasteiger partial charge is 0.316 e. The molecule has 28 heavy (non-hydrogen) atoms. The summed E-state index contributed by atoms with van der Waals surface area (Å²) in [4.78, 5) is 50.8. The van der Waals surface area contributed by atoms with Crippen LogP contribution in [0.25, 0.3) is 0 Å². The van der Waals surface area contributed by atoms with Crippen molar-refractivity contribution < 1.29 is 23.6 Å². The van der Waals surface area contributed by atoms with E-state index in [1.807, 2.05) is 0 Å². The summed E-state index contributed by atoms with van der Waals surface area (Å²) in [7, 11) is 0. The Morgan fingerprint density at radius 1 is 0.964 bits per heavy atom. The van der Waals surface area contributed by atoms with Crippen LogP contribution in [0.15, 0.2) is 12.1 Å². The molecule has 3 heterocycles. The Morgan fingerprint density at radius 2 is 1.68 bits per heavy atom. The molecule has 3 atom stereocenters. The lowest BCUT2D eigenvalue weighted by Gasteiger charge is -2.32. The van der Waals surface area contributed by atoms with E-state index < -0.39 is 35.5 Å². The van der Waals surface area contributed by atoms with Gasteiger partial charge in [-0.05, 0) is 67.8 Å². The smallest absolute Gasteiger partial charge is 0.262 e. The van der Waals surface area contributed by atoms with Crippen molar-refractivity contribution in [2.24, 2.45) is 11.8 Å². The predicted molar refractivity (Wildman–Crippen MR) is 94.9 cm³/mol. The first-order chi connectivity index (χ1) is 13.5. The number of imide groups is 2. The van der Waals surface area contributed by atoms with Crippen LogP contribution in [0.3, 0.4) is 0 Å². The van der Waals surface area contributed by atoms with Gasteiger partial charge >= 0.3 is 0 Å². The molecule has 1 aromatic rings. The van der Waals surface area contributed by atoms with Crippen LogP contribution >= 0.6 is 0 Å². The highest BCUT2D eigenvalue weighted by molar-refractivity contribution is 6.24. The highest BCUT2D eigenvalue weighted by atomic mass is 19.1. The Hall–Kier alpha value is -2.61. The fraction of sp³-hybridized carbons (Fsp3) is 0.500. The summed E-state index contributed by atoms with van der Waals surface area (Å²) in [5.74, 6) is -2.19. The first kappa shape index (κ1) is 17.5. The molecule has 146 valence electrons. The summed E-state index contributed by atoms with van der Waals surface area (Å²) >= 11 is 0. The third-order valence-electron chi connectivity index (χ3n) is 6.63. The summed E-state index contributed by atoms with van der Waals surface area (Å²) in [5, 5.41) is 5.56. The zero-order valence-electron chi connectivity index (χ0n) is 15.2. The number of hydrogen-bond acceptors (Lipinski definition) is 5. The number of carbonyl (C=O) groups is 4. The monoisotopic (exact) mass is 385 g/mol. The highest BCUT2D eigenvalue weighted by Crippen LogP contribution is 2.48. The van der Waals surface area contributed by atoms with Crippen LogP contribution in [-0.4, -0.2) is 47.7 Å². The van der Waals surface area contributed by atoms with Gasteiger partial charge in [-0.15, -0.1) is 0 Å². The van der Waals surface area contributed by atoms with Crippen LogP contribution in [0.1, 0.15) is 57.9 Å². The Labute approximate surface area is 160 Å². The Balaban J connectivity index is 1.57. The molecule has 0 spiro atoms. The van der Waals surface area contributed by atoms with E-state index in [-0.39, 0.29) is 29.9 Å². The zero-order valence-corrected chi connectivity index (χ0v) is 15.2. The lowest BCUT2D eigenvalue weighted by molar-refractivity contribution is -0.136. The molecule has 7 nitrogen and oxygen atoms in total. The molecule has 0 aromatic heterocycles. The van der Waals surface area contributed by atoms with E-state index in [9.17, 15) is 23.6 Å². The van der Waals surface area contributed by atoms with Gasteiger partial charge < -0.3 is 5.32 Å². The first-order valence-electron chi connectivity index (χ1n) is 9.71. The van der Waals surface area contributed by atoms with Gasteiger partial charge in [-0.25, -0.2) is 4.39 Å². The molecule has 4 amide bonds. The summed E-state index contributed by atoms with van der Waals surface area (Å²) in [6.07, 6.45) is 2.16. The van der Waals surface area contributed by atoms with E-state index in [4.69, 9.17) is 0 Å². The Morgan fingerprint density at radius 3 is 2.36 bits per heavy atom. The maximum atomic E-state index is 14.4. The maximum Gasteiger partial charge on any atom is 0.262 e. The van der Waals surface area contributed by atoms with E-state index in [0.717, 1.165) is 36.9 Å². The topological polar surface area (TPSA) is 95.6 Å². The summed E-state index contributed by atoms with van der Waals surface area (Å²) in [6.45, 7) is 1.62. The second kappa shape index (κ2) is 6.20. The van der Waals surface area contributed by atoms with Gasteiger partial charge in [0.2, 0.25) is 11.8 Å². The van der Waals surface area contributed by atoms with Crippen molar-refractivity contribution in [3.05, 3.63) is 34.6 Å². The Bertz CT molecular complexity index is 914. The van der Waals surface area contributed by atoms with E-state index >= 15 is 0 Å². The first-order valence-corrected chi connectivity index (χ1v) is 9.71. The number of rotatable bonds is 2. The predicted octanol–water partition coefficient (Wildman–Crippen LogP) is 0.940. The molecule has 1 aromatic carbocycles. The van der Waals surface area contributed by atoms with Crippen LogP contribution < -0.4 is 10.6 Å². The number of fused-ring (bicyclic) bond motifs is 3. The molecule has 2 saturated heterocycles. The minimum atomic E-state index is -1.04. The van der Waals surface area contributed by atoms with Crippen molar-refractivity contribution in [1.29, 1.82) is 0 Å². The fourth-order valence-corrected chi connectivity index (χ4v) is 5.44. The third-order valence-corrected chi connectivity index (χ3v) is 6.63. The summed E-state index contributed by atoms with van der Waals surface area (Å²) in [6, 6.07) is 1.44. The number of halogens is 1. The summed E-state index contributed by atoms with van der Waals surface area (Å²) < 4.78 is 14.4. The molecule has 3 unspecified atom stereocenters. The molecule has 0 radical (unpaired) electrons. The average molecular weight is 385 g/mol. The van der Waals surface area contributed by atoms with Crippen LogP contribution in [0.2, 0.25) is 0 Å². The molecule has 4 aliphatic rings. The highest BCUT2D eigenvalue weighted by Gasteiger charge is 2.49. The second-order valence-corrected chi connectivity index (χ2v) is 8.15. The molecule has 5 rings (SSSR count). The van der Waals surface area contributed by atoms with Gasteiger partial charge in [-0.2, -0.15) is 0 Å². The molecular formula is C20H20FN3O4. The lowest BCUT2D eigenvalue weighted by Crippen LogP contribution is -2.54. The van der Waals surface area contributed by atoms with Crippen LogP contribution in [0.4, 0.5) is 4.39 Å². The summed E-state index contributed by atoms with van der Waals surface area (Å²) in [5.41, 5.74) is 0.861. The molecule has 1 saturated carbocycles. The Kier molecular flexibility index (Phi) is 3.87. The number of nitrogens with zero attached hydrogens (tertiary/aromatic N) is 1. The number of piperidine rings is 2. The molecule has 1 aliphatic carbocycles. The van der Waals surface area contributed by atoms with Gasteiger partial charge in [-0.3, -0.25) is 29.4 Å². The molecular weight excluding hydrogens is 365 g/mol. The fourth-order valence-electron chi connectivity index (χ4n) is 5.44. The zero-order chi connectivity index (χ0) is 19.6. The van der Waals surface area contributed by atoms with Gasteiger partial charge in [0.05, 0.1) is 11.1 Å². The van der Waals surface area contributed by atoms with Gasteiger partial charge in [0.25, 0.3) is 11.8 Å². The van der Waals surface area contributed by atoms with Crippen molar-refractivity contribution in [2.45, 2.75) is 37.6 Å². The van der Waals surface area contributed by atoms with Crippen LogP contribution in [-0.2, 0) is 9.59 Å². The van der Waals surface area contributed by atoms with Gasteiger partial charge in [0, 0.05) is 6.42 Å². The third kappa shape index (κ3) is 2.44. The molecule has 3 fully saturated rings. The van der Waals surface area contributed by atoms with Crippen molar-refractivity contribution in [1.82, 2.24) is 15.5 Å². The molecule has 8 heteroatoms. The van der Waals surface area contributed by atoms with Gasteiger partial charge in [0.1, 0.15) is 11.9 Å². The minimum Gasteiger partial charge on any atom is -0.316 e.